The molecule has 0 spiro atoms. The van der Waals surface area contributed by atoms with Crippen molar-refractivity contribution in [3.05, 3.63) is 54.1 Å². The Morgan fingerprint density at radius 2 is 1.88 bits per heavy atom. The molecule has 1 atom stereocenters. The molecule has 124 valence electrons. The second-order valence-corrected chi connectivity index (χ2v) is 5.94. The van der Waals surface area contributed by atoms with Crippen molar-refractivity contribution in [3.63, 3.8) is 0 Å². The zero-order valence-corrected chi connectivity index (χ0v) is 13.8. The minimum atomic E-state index is -0.125. The van der Waals surface area contributed by atoms with Gasteiger partial charge in [0.1, 0.15) is 5.75 Å². The highest BCUT2D eigenvalue weighted by Crippen LogP contribution is 2.31. The summed E-state index contributed by atoms with van der Waals surface area (Å²) in [4.78, 5) is 25.4. The van der Waals surface area contributed by atoms with Gasteiger partial charge in [0, 0.05) is 24.3 Å². The average molecular weight is 324 g/mol. The van der Waals surface area contributed by atoms with Crippen molar-refractivity contribution >= 4 is 23.2 Å². The summed E-state index contributed by atoms with van der Waals surface area (Å²) in [6, 6.07) is 15.1. The van der Waals surface area contributed by atoms with Gasteiger partial charge in [0.15, 0.2) is 6.61 Å². The first kappa shape index (κ1) is 16.1. The summed E-state index contributed by atoms with van der Waals surface area (Å²) in [5, 5.41) is 2.69. The van der Waals surface area contributed by atoms with Crippen molar-refractivity contribution in [1.82, 2.24) is 0 Å². The van der Waals surface area contributed by atoms with Gasteiger partial charge in [-0.25, -0.2) is 0 Å². The van der Waals surface area contributed by atoms with Crippen molar-refractivity contribution in [2.75, 3.05) is 16.8 Å². The van der Waals surface area contributed by atoms with E-state index in [-0.39, 0.29) is 24.5 Å². The Balaban J connectivity index is 1.62. The zero-order valence-electron chi connectivity index (χ0n) is 13.8. The van der Waals surface area contributed by atoms with Gasteiger partial charge in [-0.2, -0.15) is 0 Å². The fourth-order valence-corrected chi connectivity index (χ4v) is 3.00. The average Bonchev–Trinajstić information content (AvgIpc) is 2.89. The van der Waals surface area contributed by atoms with Crippen LogP contribution in [0.3, 0.4) is 0 Å². The smallest absolute Gasteiger partial charge is 0.265 e. The van der Waals surface area contributed by atoms with Crippen LogP contribution < -0.4 is 15.0 Å². The first-order valence-electron chi connectivity index (χ1n) is 7.95. The van der Waals surface area contributed by atoms with Crippen molar-refractivity contribution in [1.29, 1.82) is 0 Å². The molecule has 3 rings (SSSR count). The fourth-order valence-electron chi connectivity index (χ4n) is 3.00. The van der Waals surface area contributed by atoms with Crippen molar-refractivity contribution in [3.8, 4) is 5.75 Å². The maximum atomic E-state index is 12.5. The number of hydrogen-bond acceptors (Lipinski definition) is 3. The number of rotatable bonds is 4. The molecule has 0 bridgehead atoms. The highest BCUT2D eigenvalue weighted by Gasteiger charge is 2.30. The minimum absolute atomic E-state index is 0.0157. The quantitative estimate of drug-likeness (QED) is 0.940. The topological polar surface area (TPSA) is 58.6 Å². The summed E-state index contributed by atoms with van der Waals surface area (Å²) in [7, 11) is 0. The second-order valence-electron chi connectivity index (χ2n) is 5.94. The lowest BCUT2D eigenvalue weighted by Crippen LogP contribution is -2.39. The van der Waals surface area contributed by atoms with E-state index in [9.17, 15) is 9.59 Å². The third kappa shape index (κ3) is 3.40. The van der Waals surface area contributed by atoms with E-state index in [0.29, 0.717) is 11.4 Å². The number of benzene rings is 2. The molecular weight excluding hydrogens is 304 g/mol. The summed E-state index contributed by atoms with van der Waals surface area (Å²) < 4.78 is 5.60. The summed E-state index contributed by atoms with van der Waals surface area (Å²) in [6.45, 7) is 3.48. The predicted octanol–water partition coefficient (Wildman–Crippen LogP) is 3.00. The number of nitrogens with zero attached hydrogens (tertiary/aromatic N) is 1. The summed E-state index contributed by atoms with van der Waals surface area (Å²) in [5.41, 5.74) is 2.86. The number of fused-ring (bicyclic) bond motifs is 1. The second kappa shape index (κ2) is 6.74. The molecule has 5 heteroatoms. The standard InChI is InChI=1S/C19H20N2O3/c1-13-11-15-5-3-4-6-18(15)21(13)19(23)12-24-17-9-7-16(8-10-17)20-14(2)22/h3-10,13H,11-12H2,1-2H3,(H,20,22). The molecule has 0 radical (unpaired) electrons. The van der Waals surface area contributed by atoms with Gasteiger partial charge < -0.3 is 15.0 Å². The molecule has 1 aliphatic heterocycles. The van der Waals surface area contributed by atoms with E-state index >= 15 is 0 Å². The molecule has 1 aliphatic rings. The lowest BCUT2D eigenvalue weighted by atomic mass is 10.1. The van der Waals surface area contributed by atoms with Gasteiger partial charge in [0.05, 0.1) is 0 Å². The maximum Gasteiger partial charge on any atom is 0.265 e. The van der Waals surface area contributed by atoms with Crippen LogP contribution in [0, 0.1) is 0 Å². The summed E-state index contributed by atoms with van der Waals surface area (Å²) in [5.74, 6) is 0.413. The monoisotopic (exact) mass is 324 g/mol. The van der Waals surface area contributed by atoms with Crippen LogP contribution in [0.1, 0.15) is 19.4 Å². The van der Waals surface area contributed by atoms with E-state index in [1.165, 1.54) is 12.5 Å². The van der Waals surface area contributed by atoms with Gasteiger partial charge in [-0.05, 0) is 49.2 Å². The fraction of sp³-hybridized carbons (Fsp3) is 0.263. The number of anilines is 2. The molecule has 1 N–H and O–H groups in total. The molecule has 1 unspecified atom stereocenters. The number of nitrogens with one attached hydrogen (secondary N) is 1. The summed E-state index contributed by atoms with van der Waals surface area (Å²) in [6.07, 6.45) is 0.868. The summed E-state index contributed by atoms with van der Waals surface area (Å²) >= 11 is 0. The van der Waals surface area contributed by atoms with Crippen LogP contribution in [0.25, 0.3) is 0 Å². The molecule has 0 aliphatic carbocycles. The molecule has 5 nitrogen and oxygen atoms in total. The molecule has 0 saturated heterocycles. The van der Waals surface area contributed by atoms with E-state index in [2.05, 4.69) is 11.4 Å². The highest BCUT2D eigenvalue weighted by atomic mass is 16.5. The molecule has 24 heavy (non-hydrogen) atoms. The molecule has 1 heterocycles. The molecule has 0 fully saturated rings. The van der Waals surface area contributed by atoms with Gasteiger partial charge in [-0.3, -0.25) is 9.59 Å². The molecule has 0 saturated carbocycles. The molecule has 2 amide bonds. The third-order valence-corrected chi connectivity index (χ3v) is 4.01. The van der Waals surface area contributed by atoms with Gasteiger partial charge >= 0.3 is 0 Å². The Hall–Kier alpha value is -2.82. The number of para-hydroxylation sites is 1. The van der Waals surface area contributed by atoms with E-state index < -0.39 is 0 Å². The van der Waals surface area contributed by atoms with E-state index in [1.807, 2.05) is 25.1 Å². The van der Waals surface area contributed by atoms with Gasteiger partial charge in [-0.1, -0.05) is 18.2 Å². The van der Waals surface area contributed by atoms with Gasteiger partial charge in [-0.15, -0.1) is 0 Å². The number of carbonyl (C=O) groups excluding carboxylic acids is 2. The number of carbonyl (C=O) groups is 2. The van der Waals surface area contributed by atoms with Crippen LogP contribution in [0.4, 0.5) is 11.4 Å². The van der Waals surface area contributed by atoms with E-state index in [1.54, 1.807) is 29.2 Å². The largest absolute Gasteiger partial charge is 0.484 e. The first-order valence-corrected chi connectivity index (χ1v) is 7.95. The van der Waals surface area contributed by atoms with Gasteiger partial charge in [0.2, 0.25) is 5.91 Å². The van der Waals surface area contributed by atoms with E-state index in [0.717, 1.165) is 12.1 Å². The normalized spacial score (nSPS) is 15.8. The Labute approximate surface area is 141 Å². The van der Waals surface area contributed by atoms with Crippen molar-refractivity contribution in [2.45, 2.75) is 26.3 Å². The molecule has 0 aromatic heterocycles. The number of amides is 2. The van der Waals surface area contributed by atoms with Crippen LogP contribution >= 0.6 is 0 Å². The Kier molecular flexibility index (Phi) is 4.51. The lowest BCUT2D eigenvalue weighted by molar-refractivity contribution is -0.120. The van der Waals surface area contributed by atoms with Crippen LogP contribution in [0.5, 0.6) is 5.75 Å². The molecular formula is C19H20N2O3. The zero-order chi connectivity index (χ0) is 17.1. The molecule has 2 aromatic carbocycles. The minimum Gasteiger partial charge on any atom is -0.484 e. The SMILES string of the molecule is CC(=O)Nc1ccc(OCC(=O)N2c3ccccc3CC2C)cc1. The lowest BCUT2D eigenvalue weighted by Gasteiger charge is -2.22. The Bertz CT molecular complexity index is 755. The van der Waals surface area contributed by atoms with Crippen LogP contribution in [-0.2, 0) is 16.0 Å². The predicted molar refractivity (Wildman–Crippen MR) is 93.3 cm³/mol. The van der Waals surface area contributed by atoms with Crippen molar-refractivity contribution < 1.29 is 14.3 Å². The Morgan fingerprint density at radius 1 is 1.17 bits per heavy atom. The number of hydrogen-bond donors (Lipinski definition) is 1. The van der Waals surface area contributed by atoms with Crippen LogP contribution in [-0.4, -0.2) is 24.5 Å². The third-order valence-electron chi connectivity index (χ3n) is 4.01. The maximum absolute atomic E-state index is 12.5. The number of ether oxygens (including phenoxy) is 1. The van der Waals surface area contributed by atoms with Crippen LogP contribution in [0.2, 0.25) is 0 Å². The first-order chi connectivity index (χ1) is 11.5. The van der Waals surface area contributed by atoms with Crippen LogP contribution in [0.15, 0.2) is 48.5 Å². The van der Waals surface area contributed by atoms with Gasteiger partial charge in [0.25, 0.3) is 5.91 Å². The van der Waals surface area contributed by atoms with Crippen molar-refractivity contribution in [2.24, 2.45) is 0 Å². The Morgan fingerprint density at radius 3 is 2.58 bits per heavy atom. The highest BCUT2D eigenvalue weighted by molar-refractivity contribution is 5.97. The van der Waals surface area contributed by atoms with E-state index in [4.69, 9.17) is 4.74 Å². The molecule has 2 aromatic rings.